The Hall–Kier alpha value is -2.48. The Balaban J connectivity index is 1.83. The predicted molar refractivity (Wildman–Crippen MR) is 117 cm³/mol. The number of carbonyl (C=O) groups excluding carboxylic acids is 1. The summed E-state index contributed by atoms with van der Waals surface area (Å²) in [6.07, 6.45) is 6.87. The molecule has 0 aliphatic heterocycles. The molecule has 0 radical (unpaired) electrons. The van der Waals surface area contributed by atoms with Crippen molar-refractivity contribution in [2.75, 3.05) is 27.0 Å². The van der Waals surface area contributed by atoms with Crippen LogP contribution in [0.15, 0.2) is 29.4 Å². The minimum absolute atomic E-state index is 0.131. The van der Waals surface area contributed by atoms with E-state index in [2.05, 4.69) is 33.9 Å². The zero-order valence-electron chi connectivity index (χ0n) is 17.8. The summed E-state index contributed by atoms with van der Waals surface area (Å²) in [6, 6.07) is 5.51. The molecule has 0 saturated heterocycles. The minimum Gasteiger partial charge on any atom is -0.493 e. The molecule has 2 aromatic rings. The molecule has 1 aromatic carbocycles. The van der Waals surface area contributed by atoms with Gasteiger partial charge in [0.25, 0.3) is 0 Å². The number of carbonyl (C=O) groups is 1. The van der Waals surface area contributed by atoms with Crippen LogP contribution in [-0.4, -0.2) is 47.7 Å². The third kappa shape index (κ3) is 6.81. The summed E-state index contributed by atoms with van der Waals surface area (Å²) in [4.78, 5) is 12.1. The van der Waals surface area contributed by atoms with E-state index in [4.69, 9.17) is 9.47 Å². The second-order valence-electron chi connectivity index (χ2n) is 6.95. The molecule has 0 unspecified atom stereocenters. The first-order valence-electron chi connectivity index (χ1n) is 9.62. The topological polar surface area (TPSA) is 78.3 Å². The van der Waals surface area contributed by atoms with E-state index in [1.807, 2.05) is 24.5 Å². The fourth-order valence-electron chi connectivity index (χ4n) is 2.85. The molecular formula is C21H30N4O3S. The number of nitrogens with one attached hydrogen (secondary N) is 1. The Morgan fingerprint density at radius 1 is 1.24 bits per heavy atom. The van der Waals surface area contributed by atoms with Crippen molar-refractivity contribution >= 4 is 23.7 Å². The number of aromatic nitrogens is 3. The van der Waals surface area contributed by atoms with Gasteiger partial charge in [-0.1, -0.05) is 31.7 Å². The molecule has 0 spiro atoms. The van der Waals surface area contributed by atoms with E-state index in [0.29, 0.717) is 24.0 Å². The van der Waals surface area contributed by atoms with Crippen LogP contribution in [0.1, 0.15) is 31.7 Å². The number of hydrogen-bond acceptors (Lipinski definition) is 6. The van der Waals surface area contributed by atoms with Crippen LogP contribution in [-0.2, 0) is 17.8 Å². The zero-order valence-corrected chi connectivity index (χ0v) is 18.6. The maximum atomic E-state index is 12.1. The molecule has 1 heterocycles. The average molecular weight is 419 g/mol. The summed E-state index contributed by atoms with van der Waals surface area (Å²) in [5.74, 6) is 2.65. The van der Waals surface area contributed by atoms with Gasteiger partial charge in [-0.3, -0.25) is 4.79 Å². The molecular weight excluding hydrogens is 388 g/mol. The van der Waals surface area contributed by atoms with Gasteiger partial charge in [0.1, 0.15) is 5.82 Å². The van der Waals surface area contributed by atoms with E-state index < -0.39 is 0 Å². The number of nitrogens with zero attached hydrogens (tertiary/aromatic N) is 3. The number of amides is 1. The van der Waals surface area contributed by atoms with E-state index in [1.54, 1.807) is 32.1 Å². The predicted octanol–water partition coefficient (Wildman–Crippen LogP) is 3.44. The second kappa shape index (κ2) is 11.5. The van der Waals surface area contributed by atoms with Gasteiger partial charge in [-0.05, 0) is 42.4 Å². The Bertz CT molecular complexity index is 833. The summed E-state index contributed by atoms with van der Waals surface area (Å²) in [5.41, 5.74) is 0.865. The maximum Gasteiger partial charge on any atom is 0.243 e. The zero-order chi connectivity index (χ0) is 21.2. The van der Waals surface area contributed by atoms with Gasteiger partial charge in [-0.25, -0.2) is 0 Å². The first-order valence-corrected chi connectivity index (χ1v) is 10.8. The fourth-order valence-corrected chi connectivity index (χ4v) is 3.37. The first kappa shape index (κ1) is 22.8. The number of rotatable bonds is 11. The van der Waals surface area contributed by atoms with Crippen molar-refractivity contribution in [3.63, 3.8) is 0 Å². The lowest BCUT2D eigenvalue weighted by Crippen LogP contribution is -2.23. The maximum absolute atomic E-state index is 12.1. The fraction of sp³-hybridized carbons (Fsp3) is 0.476. The van der Waals surface area contributed by atoms with Crippen LogP contribution in [0.5, 0.6) is 11.5 Å². The van der Waals surface area contributed by atoms with Gasteiger partial charge in [0.15, 0.2) is 16.7 Å². The van der Waals surface area contributed by atoms with Crippen LogP contribution < -0.4 is 14.8 Å². The van der Waals surface area contributed by atoms with E-state index >= 15 is 0 Å². The van der Waals surface area contributed by atoms with Gasteiger partial charge >= 0.3 is 0 Å². The molecule has 0 atom stereocenters. The van der Waals surface area contributed by atoms with Crippen molar-refractivity contribution in [2.24, 2.45) is 5.92 Å². The molecule has 8 heteroatoms. The van der Waals surface area contributed by atoms with Crippen molar-refractivity contribution in [3.05, 3.63) is 35.7 Å². The summed E-state index contributed by atoms with van der Waals surface area (Å²) < 4.78 is 12.7. The lowest BCUT2D eigenvalue weighted by Gasteiger charge is -2.11. The third-order valence-corrected chi connectivity index (χ3v) is 4.90. The molecule has 1 aromatic heterocycles. The van der Waals surface area contributed by atoms with E-state index in [9.17, 15) is 4.79 Å². The van der Waals surface area contributed by atoms with E-state index in [0.717, 1.165) is 35.9 Å². The SMILES string of the molecule is COc1ccc(C=CC(=O)NCCCc2nnc(SC)n2CC(C)C)cc1OC. The van der Waals surface area contributed by atoms with Gasteiger partial charge in [-0.2, -0.15) is 0 Å². The van der Waals surface area contributed by atoms with Gasteiger partial charge in [0.2, 0.25) is 5.91 Å². The van der Waals surface area contributed by atoms with Crippen molar-refractivity contribution < 1.29 is 14.3 Å². The van der Waals surface area contributed by atoms with Gasteiger partial charge in [0, 0.05) is 25.6 Å². The van der Waals surface area contributed by atoms with Crippen LogP contribution >= 0.6 is 11.8 Å². The Morgan fingerprint density at radius 3 is 2.66 bits per heavy atom. The Labute approximate surface area is 176 Å². The van der Waals surface area contributed by atoms with Crippen molar-refractivity contribution in [2.45, 2.75) is 38.4 Å². The molecule has 7 nitrogen and oxygen atoms in total. The normalized spacial score (nSPS) is 11.2. The molecule has 0 bridgehead atoms. The third-order valence-electron chi connectivity index (χ3n) is 4.23. The monoisotopic (exact) mass is 418 g/mol. The molecule has 0 saturated carbocycles. The smallest absolute Gasteiger partial charge is 0.243 e. The number of thioether (sulfide) groups is 1. The Morgan fingerprint density at radius 2 is 2.00 bits per heavy atom. The van der Waals surface area contributed by atoms with Crippen LogP contribution in [0, 0.1) is 5.92 Å². The van der Waals surface area contributed by atoms with Gasteiger partial charge < -0.3 is 19.4 Å². The second-order valence-corrected chi connectivity index (χ2v) is 7.72. The molecule has 158 valence electrons. The van der Waals surface area contributed by atoms with Gasteiger partial charge in [0.05, 0.1) is 14.2 Å². The average Bonchev–Trinajstić information content (AvgIpc) is 3.10. The summed E-state index contributed by atoms with van der Waals surface area (Å²) >= 11 is 1.61. The number of aryl methyl sites for hydroxylation is 1. The van der Waals surface area contributed by atoms with Gasteiger partial charge in [-0.15, -0.1) is 10.2 Å². The highest BCUT2D eigenvalue weighted by Gasteiger charge is 2.12. The van der Waals surface area contributed by atoms with E-state index in [1.165, 1.54) is 6.08 Å². The minimum atomic E-state index is -0.131. The molecule has 0 aliphatic carbocycles. The lowest BCUT2D eigenvalue weighted by molar-refractivity contribution is -0.116. The Kier molecular flexibility index (Phi) is 9.05. The van der Waals surface area contributed by atoms with Crippen LogP contribution in [0.3, 0.4) is 0 Å². The lowest BCUT2D eigenvalue weighted by atomic mass is 10.2. The number of ether oxygens (including phenoxy) is 2. The molecule has 0 fully saturated rings. The first-order chi connectivity index (χ1) is 14.0. The van der Waals surface area contributed by atoms with E-state index in [-0.39, 0.29) is 5.91 Å². The molecule has 1 amide bonds. The molecule has 1 N–H and O–H groups in total. The summed E-state index contributed by atoms with van der Waals surface area (Å²) in [6.45, 7) is 5.84. The van der Waals surface area contributed by atoms with Crippen LogP contribution in [0.4, 0.5) is 0 Å². The quantitative estimate of drug-likeness (QED) is 0.342. The van der Waals surface area contributed by atoms with Crippen molar-refractivity contribution in [1.82, 2.24) is 20.1 Å². The number of methoxy groups -OCH3 is 2. The largest absolute Gasteiger partial charge is 0.493 e. The summed E-state index contributed by atoms with van der Waals surface area (Å²) in [5, 5.41) is 12.4. The highest BCUT2D eigenvalue weighted by Crippen LogP contribution is 2.27. The van der Waals surface area contributed by atoms with Crippen LogP contribution in [0.2, 0.25) is 0 Å². The number of hydrogen-bond donors (Lipinski definition) is 1. The highest BCUT2D eigenvalue weighted by molar-refractivity contribution is 7.98. The summed E-state index contributed by atoms with van der Waals surface area (Å²) in [7, 11) is 3.18. The molecule has 0 aliphatic rings. The standard InChI is InChI=1S/C21H30N4O3S/c1-15(2)14-25-19(23-24-21(25)29-5)7-6-12-22-20(26)11-9-16-8-10-17(27-3)18(13-16)28-4/h8-11,13,15H,6-7,12,14H2,1-5H3,(H,22,26). The molecule has 29 heavy (non-hydrogen) atoms. The van der Waals surface area contributed by atoms with Crippen molar-refractivity contribution in [1.29, 1.82) is 0 Å². The molecule has 2 rings (SSSR count). The van der Waals surface area contributed by atoms with Crippen LogP contribution in [0.25, 0.3) is 6.08 Å². The number of benzene rings is 1. The van der Waals surface area contributed by atoms with Crippen molar-refractivity contribution in [3.8, 4) is 11.5 Å². The highest BCUT2D eigenvalue weighted by atomic mass is 32.2.